The number of ether oxygens (including phenoxy) is 1. The van der Waals surface area contributed by atoms with Crippen LogP contribution < -0.4 is 5.32 Å². The quantitative estimate of drug-likeness (QED) is 0.826. The van der Waals surface area contributed by atoms with E-state index in [2.05, 4.69) is 15.5 Å². The van der Waals surface area contributed by atoms with E-state index in [1.54, 1.807) is 31.4 Å². The van der Waals surface area contributed by atoms with Crippen molar-refractivity contribution in [3.05, 3.63) is 35.2 Å². The molecule has 1 aromatic heterocycles. The van der Waals surface area contributed by atoms with Gasteiger partial charge in [-0.3, -0.25) is 4.79 Å². The molecule has 106 valence electrons. The van der Waals surface area contributed by atoms with E-state index in [0.717, 1.165) is 6.42 Å². The first-order valence-corrected chi connectivity index (χ1v) is 6.45. The van der Waals surface area contributed by atoms with Crippen LogP contribution in [0.5, 0.6) is 0 Å². The zero-order valence-corrected chi connectivity index (χ0v) is 11.7. The molecule has 0 unspecified atom stereocenters. The van der Waals surface area contributed by atoms with Crippen LogP contribution in [-0.2, 0) is 4.74 Å². The van der Waals surface area contributed by atoms with Gasteiger partial charge in [0.05, 0.1) is 0 Å². The smallest absolute Gasteiger partial charge is 0.308 e. The molecule has 0 radical (unpaired) electrons. The first-order valence-electron chi connectivity index (χ1n) is 6.07. The number of rotatable bonds is 6. The van der Waals surface area contributed by atoms with Crippen LogP contribution >= 0.6 is 11.6 Å². The molecule has 1 heterocycles. The summed E-state index contributed by atoms with van der Waals surface area (Å²) >= 11 is 5.88. The van der Waals surface area contributed by atoms with Crippen molar-refractivity contribution < 1.29 is 13.9 Å². The van der Waals surface area contributed by atoms with Crippen LogP contribution in [-0.4, -0.2) is 36.4 Å². The molecule has 0 aliphatic carbocycles. The average molecular weight is 296 g/mol. The number of benzene rings is 1. The third-order valence-corrected chi connectivity index (χ3v) is 2.74. The van der Waals surface area contributed by atoms with Gasteiger partial charge in [0.15, 0.2) is 0 Å². The summed E-state index contributed by atoms with van der Waals surface area (Å²) in [5.41, 5.74) is 0.670. The third kappa shape index (κ3) is 3.79. The minimum atomic E-state index is -0.401. The van der Waals surface area contributed by atoms with Crippen LogP contribution in [0.25, 0.3) is 11.5 Å². The van der Waals surface area contributed by atoms with E-state index in [0.29, 0.717) is 23.7 Å². The molecule has 2 rings (SSSR count). The van der Waals surface area contributed by atoms with Crippen molar-refractivity contribution in [1.29, 1.82) is 0 Å². The fraction of sp³-hybridized carbons (Fsp3) is 0.308. The fourth-order valence-corrected chi connectivity index (χ4v) is 1.74. The molecule has 0 saturated heterocycles. The molecule has 0 atom stereocenters. The Morgan fingerprint density at radius 1 is 1.45 bits per heavy atom. The summed E-state index contributed by atoms with van der Waals surface area (Å²) in [6, 6.07) is 6.98. The minimum absolute atomic E-state index is 0.0719. The largest absolute Gasteiger partial charge is 0.412 e. The van der Waals surface area contributed by atoms with Gasteiger partial charge in [-0.2, -0.15) is 0 Å². The Morgan fingerprint density at radius 2 is 2.30 bits per heavy atom. The highest BCUT2D eigenvalue weighted by molar-refractivity contribution is 6.30. The van der Waals surface area contributed by atoms with Crippen LogP contribution in [0.1, 0.15) is 17.1 Å². The number of carbonyl (C=O) groups is 1. The summed E-state index contributed by atoms with van der Waals surface area (Å²) in [6.45, 7) is 1.07. The summed E-state index contributed by atoms with van der Waals surface area (Å²) in [4.78, 5) is 11.7. The van der Waals surface area contributed by atoms with E-state index < -0.39 is 5.91 Å². The molecule has 6 nitrogen and oxygen atoms in total. The van der Waals surface area contributed by atoms with Gasteiger partial charge in [-0.1, -0.05) is 17.7 Å². The van der Waals surface area contributed by atoms with Gasteiger partial charge < -0.3 is 14.5 Å². The van der Waals surface area contributed by atoms with Gasteiger partial charge in [0.25, 0.3) is 0 Å². The predicted molar refractivity (Wildman–Crippen MR) is 73.6 cm³/mol. The Labute approximate surface area is 121 Å². The van der Waals surface area contributed by atoms with Crippen LogP contribution in [0.4, 0.5) is 0 Å². The lowest BCUT2D eigenvalue weighted by molar-refractivity contribution is 0.0914. The normalized spacial score (nSPS) is 10.5. The Kier molecular flexibility index (Phi) is 5.09. The van der Waals surface area contributed by atoms with Gasteiger partial charge in [-0.25, -0.2) is 0 Å². The van der Waals surface area contributed by atoms with Crippen LogP contribution in [0.3, 0.4) is 0 Å². The number of hydrogen-bond donors (Lipinski definition) is 1. The van der Waals surface area contributed by atoms with Crippen molar-refractivity contribution in [2.75, 3.05) is 20.3 Å². The van der Waals surface area contributed by atoms with E-state index in [-0.39, 0.29) is 11.8 Å². The molecule has 1 N–H and O–H groups in total. The predicted octanol–water partition coefficient (Wildman–Crippen LogP) is 2.16. The van der Waals surface area contributed by atoms with E-state index in [1.807, 2.05) is 0 Å². The van der Waals surface area contributed by atoms with Gasteiger partial charge in [-0.15, -0.1) is 10.2 Å². The van der Waals surface area contributed by atoms with Crippen molar-refractivity contribution in [1.82, 2.24) is 15.5 Å². The highest BCUT2D eigenvalue weighted by Gasteiger charge is 2.15. The van der Waals surface area contributed by atoms with E-state index in [1.165, 1.54) is 0 Å². The van der Waals surface area contributed by atoms with Gasteiger partial charge in [0, 0.05) is 30.8 Å². The van der Waals surface area contributed by atoms with Crippen LogP contribution in [0, 0.1) is 0 Å². The molecule has 0 fully saturated rings. The van der Waals surface area contributed by atoms with Crippen molar-refractivity contribution in [2.45, 2.75) is 6.42 Å². The minimum Gasteiger partial charge on any atom is -0.412 e. The molecule has 7 heteroatoms. The molecular weight excluding hydrogens is 282 g/mol. The summed E-state index contributed by atoms with van der Waals surface area (Å²) < 4.78 is 10.2. The molecule has 2 aromatic rings. The molecule has 0 aliphatic heterocycles. The van der Waals surface area contributed by atoms with Gasteiger partial charge in [-0.05, 0) is 24.6 Å². The average Bonchev–Trinajstić information content (AvgIpc) is 2.93. The monoisotopic (exact) mass is 295 g/mol. The number of nitrogens with zero attached hydrogens (tertiary/aromatic N) is 2. The Hall–Kier alpha value is -1.92. The standard InChI is InChI=1S/C13H14ClN3O3/c1-19-7-3-6-15-11(18)13-17-16-12(20-13)9-4-2-5-10(14)8-9/h2,4-5,8H,3,6-7H2,1H3,(H,15,18). The number of nitrogens with one attached hydrogen (secondary N) is 1. The van der Waals surface area contributed by atoms with Gasteiger partial charge in [0.1, 0.15) is 0 Å². The second-order valence-corrected chi connectivity index (χ2v) is 4.46. The lowest BCUT2D eigenvalue weighted by Gasteiger charge is -2.00. The zero-order valence-electron chi connectivity index (χ0n) is 10.9. The second-order valence-electron chi connectivity index (χ2n) is 4.02. The van der Waals surface area contributed by atoms with Crippen molar-refractivity contribution in [2.24, 2.45) is 0 Å². The van der Waals surface area contributed by atoms with E-state index in [4.69, 9.17) is 20.8 Å². The Morgan fingerprint density at radius 3 is 3.05 bits per heavy atom. The van der Waals surface area contributed by atoms with E-state index in [9.17, 15) is 4.79 Å². The maximum atomic E-state index is 11.7. The summed E-state index contributed by atoms with van der Waals surface area (Å²) in [5.74, 6) is -0.214. The molecule has 1 amide bonds. The topological polar surface area (TPSA) is 77.2 Å². The third-order valence-electron chi connectivity index (χ3n) is 2.50. The first kappa shape index (κ1) is 14.5. The summed E-state index contributed by atoms with van der Waals surface area (Å²) in [7, 11) is 1.61. The molecule has 1 aromatic carbocycles. The van der Waals surface area contributed by atoms with E-state index >= 15 is 0 Å². The molecular formula is C13H14ClN3O3. The first-order chi connectivity index (χ1) is 9.70. The van der Waals surface area contributed by atoms with Crippen molar-refractivity contribution >= 4 is 17.5 Å². The zero-order chi connectivity index (χ0) is 14.4. The summed E-state index contributed by atoms with van der Waals surface area (Å²) in [6.07, 6.45) is 0.720. The van der Waals surface area contributed by atoms with Crippen LogP contribution in [0.15, 0.2) is 28.7 Å². The van der Waals surface area contributed by atoms with Crippen molar-refractivity contribution in [3.8, 4) is 11.5 Å². The fourth-order valence-electron chi connectivity index (χ4n) is 1.55. The number of methoxy groups -OCH3 is 1. The Bertz CT molecular complexity index is 586. The molecule has 0 spiro atoms. The Balaban J connectivity index is 2.00. The lowest BCUT2D eigenvalue weighted by Crippen LogP contribution is -2.25. The summed E-state index contributed by atoms with van der Waals surface area (Å²) in [5, 5.41) is 10.8. The maximum Gasteiger partial charge on any atom is 0.308 e. The highest BCUT2D eigenvalue weighted by atomic mass is 35.5. The van der Waals surface area contributed by atoms with Crippen molar-refractivity contribution in [3.63, 3.8) is 0 Å². The molecule has 0 aliphatic rings. The highest BCUT2D eigenvalue weighted by Crippen LogP contribution is 2.21. The lowest BCUT2D eigenvalue weighted by atomic mass is 10.2. The second kappa shape index (κ2) is 7.02. The molecule has 0 bridgehead atoms. The molecule has 20 heavy (non-hydrogen) atoms. The number of aromatic nitrogens is 2. The maximum absolute atomic E-state index is 11.7. The van der Waals surface area contributed by atoms with Crippen LogP contribution in [0.2, 0.25) is 5.02 Å². The SMILES string of the molecule is COCCCNC(=O)c1nnc(-c2cccc(Cl)c2)o1. The molecule has 0 saturated carbocycles. The number of halogens is 1. The number of hydrogen-bond acceptors (Lipinski definition) is 5. The number of carbonyl (C=O) groups excluding carboxylic acids is 1. The van der Waals surface area contributed by atoms with Gasteiger partial charge in [0.2, 0.25) is 5.89 Å². The number of amides is 1. The van der Waals surface area contributed by atoms with Gasteiger partial charge >= 0.3 is 11.8 Å².